The van der Waals surface area contributed by atoms with Crippen molar-refractivity contribution < 1.29 is 36.9 Å². The average molecular weight is 587 g/mol. The van der Waals surface area contributed by atoms with Crippen LogP contribution in [0, 0.1) is 6.07 Å². The van der Waals surface area contributed by atoms with Gasteiger partial charge in [-0.2, -0.15) is 24.3 Å². The summed E-state index contributed by atoms with van der Waals surface area (Å²) in [6.45, 7) is 7.70. The number of rotatable bonds is 4. The molecule has 8 nitrogen and oxygen atoms in total. The first-order chi connectivity index (χ1) is 18.4. The number of carboxylic acid groups (broad SMARTS) is 2. The molecule has 2 aliphatic carbocycles. The molecule has 1 heterocycles. The predicted octanol–water partition coefficient (Wildman–Crippen LogP) is 4.22. The van der Waals surface area contributed by atoms with Crippen molar-refractivity contribution in [1.29, 1.82) is 0 Å². The number of hydrogen-bond donors (Lipinski definition) is 6. The number of hydrogen-bond acceptors (Lipinski definition) is 6. The Labute approximate surface area is 246 Å². The van der Waals surface area contributed by atoms with E-state index in [0.29, 0.717) is 37.0 Å². The molecule has 2 bridgehead atoms. The Morgan fingerprint density at radius 3 is 1.38 bits per heavy atom. The summed E-state index contributed by atoms with van der Waals surface area (Å²) in [5.74, 6) is -1.42. The summed E-state index contributed by atoms with van der Waals surface area (Å²) in [5.41, 5.74) is 2.59. The van der Waals surface area contributed by atoms with Crippen molar-refractivity contribution >= 4 is 11.9 Å². The normalized spacial score (nSPS) is 25.2. The van der Waals surface area contributed by atoms with E-state index in [4.69, 9.17) is 10.2 Å². The Kier molecular flexibility index (Phi) is 19.4. The zero-order valence-electron chi connectivity index (χ0n) is 23.9. The fourth-order valence-electron chi connectivity index (χ4n) is 5.44. The molecular weight excluding hydrogens is 535 g/mol. The van der Waals surface area contributed by atoms with E-state index in [1.165, 1.54) is 62.5 Å². The molecule has 4 rings (SSSR count). The number of benzene rings is 1. The molecule has 223 valence electrons. The van der Waals surface area contributed by atoms with E-state index in [1.54, 1.807) is 0 Å². The quantitative estimate of drug-likeness (QED) is 0.229. The predicted molar refractivity (Wildman–Crippen MR) is 152 cm³/mol. The monoisotopic (exact) mass is 586 g/mol. The van der Waals surface area contributed by atoms with Gasteiger partial charge in [-0.05, 0) is 51.6 Å². The molecule has 2 fully saturated rings. The van der Waals surface area contributed by atoms with Crippen molar-refractivity contribution in [2.75, 3.05) is 13.1 Å². The molecule has 1 aliphatic heterocycles. The van der Waals surface area contributed by atoms with Gasteiger partial charge in [-0.25, -0.2) is 0 Å². The summed E-state index contributed by atoms with van der Waals surface area (Å²) in [5, 5.41) is 31.1. The molecule has 0 saturated heterocycles. The number of carboxylic acids is 2. The Morgan fingerprint density at radius 1 is 0.718 bits per heavy atom. The number of carbonyl (C=O) groups is 2. The maximum atomic E-state index is 9.60. The Morgan fingerprint density at radius 2 is 1.08 bits per heavy atom. The first-order valence-corrected chi connectivity index (χ1v) is 14.8. The number of aliphatic carboxylic acids is 2. The van der Waals surface area contributed by atoms with Crippen molar-refractivity contribution in [3.05, 3.63) is 35.4 Å². The second kappa shape index (κ2) is 21.3. The molecule has 4 atom stereocenters. The third-order valence-corrected chi connectivity index (χ3v) is 7.42. The van der Waals surface area contributed by atoms with Crippen LogP contribution in [0.25, 0.3) is 0 Å². The number of fused-ring (bicyclic) bond motifs is 4. The van der Waals surface area contributed by atoms with Crippen molar-refractivity contribution in [1.82, 2.24) is 21.3 Å². The second-order valence-electron chi connectivity index (χ2n) is 10.7. The molecule has 9 heteroatoms. The van der Waals surface area contributed by atoms with Gasteiger partial charge in [0, 0.05) is 67.2 Å². The van der Waals surface area contributed by atoms with E-state index in [9.17, 15) is 9.59 Å². The molecule has 39 heavy (non-hydrogen) atoms. The zero-order chi connectivity index (χ0) is 27.6. The molecule has 0 spiro atoms. The molecule has 0 amide bonds. The summed E-state index contributed by atoms with van der Waals surface area (Å²) < 4.78 is 0. The van der Waals surface area contributed by atoms with Crippen molar-refractivity contribution in [3.8, 4) is 0 Å². The van der Waals surface area contributed by atoms with Gasteiger partial charge in [-0.15, -0.1) is 11.1 Å². The van der Waals surface area contributed by atoms with Gasteiger partial charge in [0.15, 0.2) is 0 Å². The van der Waals surface area contributed by atoms with Crippen molar-refractivity contribution in [2.24, 2.45) is 0 Å². The van der Waals surface area contributed by atoms with Crippen LogP contribution < -0.4 is 21.3 Å². The average Bonchev–Trinajstić information content (AvgIpc) is 2.90. The SMILES string of the molecule is CCCC(=O)O.CCCC(=O)O.[Mn].[c-]1c2cccc1CN[C@H]1CCCC[C@@H]1NCCN[C@H]1CCCC[C@@H]1NC2. The standard InChI is InChI=1S/C22H35N4.2C4H8O2.Mn/c1-3-10-21-19(8-1)23-12-13-24-20-9-2-4-11-22(20)26-16-18-7-5-6-17(14-18)15-25-21;2*1-2-3-4(5)6;/h5-7,19-26H,1-4,8-13,15-16H2;2*2-3H2,1H3,(H,5,6);/q-1;;;/t19-,20-,21-,22-;;;/m0.../s1. The zero-order valence-corrected chi connectivity index (χ0v) is 25.1. The third kappa shape index (κ3) is 15.2. The molecule has 3 aliphatic rings. The minimum atomic E-state index is -0.711. The van der Waals surface area contributed by atoms with Gasteiger partial charge in [0.25, 0.3) is 0 Å². The van der Waals surface area contributed by atoms with Crippen LogP contribution in [0.2, 0.25) is 0 Å². The fourth-order valence-corrected chi connectivity index (χ4v) is 5.44. The van der Waals surface area contributed by atoms with Gasteiger partial charge in [0.1, 0.15) is 0 Å². The van der Waals surface area contributed by atoms with E-state index >= 15 is 0 Å². The summed E-state index contributed by atoms with van der Waals surface area (Å²) in [4.78, 5) is 19.2. The molecule has 0 aromatic heterocycles. The van der Waals surface area contributed by atoms with E-state index in [-0.39, 0.29) is 17.1 Å². The first kappa shape index (κ1) is 35.5. The van der Waals surface area contributed by atoms with Crippen LogP contribution >= 0.6 is 0 Å². The topological polar surface area (TPSA) is 123 Å². The molecular formula is C30H51MnN4O4-. The summed E-state index contributed by atoms with van der Waals surface area (Å²) in [7, 11) is 0. The van der Waals surface area contributed by atoms with E-state index < -0.39 is 11.9 Å². The van der Waals surface area contributed by atoms with Crippen LogP contribution in [-0.2, 0) is 39.7 Å². The van der Waals surface area contributed by atoms with Crippen LogP contribution in [0.15, 0.2) is 18.2 Å². The summed E-state index contributed by atoms with van der Waals surface area (Å²) in [6, 6.07) is 12.7. The first-order valence-electron chi connectivity index (χ1n) is 14.8. The summed E-state index contributed by atoms with van der Waals surface area (Å²) in [6.07, 6.45) is 12.7. The van der Waals surface area contributed by atoms with E-state index in [1.807, 2.05) is 13.8 Å². The molecule has 1 aromatic rings. The van der Waals surface area contributed by atoms with Crippen LogP contribution in [0.3, 0.4) is 0 Å². The number of nitrogens with one attached hydrogen (secondary N) is 4. The molecule has 6 N–H and O–H groups in total. The van der Waals surface area contributed by atoms with Crippen LogP contribution in [0.5, 0.6) is 0 Å². The van der Waals surface area contributed by atoms with Crippen molar-refractivity contribution in [2.45, 2.75) is 128 Å². The second-order valence-corrected chi connectivity index (χ2v) is 10.7. The Balaban J connectivity index is 0.000000494. The van der Waals surface area contributed by atoms with Gasteiger partial charge in [0.2, 0.25) is 0 Å². The Bertz CT molecular complexity index is 752. The maximum absolute atomic E-state index is 9.60. The van der Waals surface area contributed by atoms with E-state index in [2.05, 4.69) is 45.5 Å². The maximum Gasteiger partial charge on any atom is 0.303 e. The minimum absolute atomic E-state index is 0. The van der Waals surface area contributed by atoms with Crippen LogP contribution in [0.4, 0.5) is 0 Å². The fraction of sp³-hybridized carbons (Fsp3) is 0.733. The van der Waals surface area contributed by atoms with Gasteiger partial charge in [-0.3, -0.25) is 9.59 Å². The summed E-state index contributed by atoms with van der Waals surface area (Å²) >= 11 is 0. The van der Waals surface area contributed by atoms with Gasteiger partial charge in [-0.1, -0.05) is 39.5 Å². The third-order valence-electron chi connectivity index (χ3n) is 7.42. The smallest absolute Gasteiger partial charge is 0.303 e. The van der Waals surface area contributed by atoms with Gasteiger partial charge < -0.3 is 31.5 Å². The van der Waals surface area contributed by atoms with Crippen LogP contribution in [0.1, 0.15) is 102 Å². The minimum Gasteiger partial charge on any atom is -0.481 e. The van der Waals surface area contributed by atoms with E-state index in [0.717, 1.165) is 39.0 Å². The Hall–Kier alpha value is -1.48. The molecule has 1 aromatic carbocycles. The van der Waals surface area contributed by atoms with Crippen molar-refractivity contribution in [3.63, 3.8) is 0 Å². The largest absolute Gasteiger partial charge is 0.481 e. The van der Waals surface area contributed by atoms with Gasteiger partial charge >= 0.3 is 11.9 Å². The van der Waals surface area contributed by atoms with Crippen LogP contribution in [-0.4, -0.2) is 59.4 Å². The van der Waals surface area contributed by atoms with Gasteiger partial charge in [0.05, 0.1) is 0 Å². The molecule has 2 saturated carbocycles. The molecule has 1 radical (unpaired) electrons. The molecule has 0 unspecified atom stereocenters.